The van der Waals surface area contributed by atoms with E-state index in [0.29, 0.717) is 12.0 Å². The molecule has 0 unspecified atom stereocenters. The molecule has 4 heteroatoms. The molecule has 0 spiro atoms. The van der Waals surface area contributed by atoms with Crippen molar-refractivity contribution in [3.05, 3.63) is 29.8 Å². The maximum atomic E-state index is 8.80. The van der Waals surface area contributed by atoms with Crippen LogP contribution >= 0.6 is 0 Å². The lowest BCUT2D eigenvalue weighted by molar-refractivity contribution is 0.300. The Labute approximate surface area is 114 Å². The Hall–Kier alpha value is -2.04. The van der Waals surface area contributed by atoms with E-state index in [2.05, 4.69) is 21.9 Å². The van der Waals surface area contributed by atoms with Gasteiger partial charge in [-0.1, -0.05) is 0 Å². The summed E-state index contributed by atoms with van der Waals surface area (Å²) in [5.41, 5.74) is 1.88. The fraction of sp³-hybridized carbons (Fsp3) is 0.467. The normalized spacial score (nSPS) is 16.4. The average molecular weight is 254 g/mol. The molecule has 0 N–H and O–H groups in total. The van der Waals surface area contributed by atoms with Crippen LogP contribution in [0.3, 0.4) is 0 Å². The molecule has 1 fully saturated rings. The molecule has 19 heavy (non-hydrogen) atoms. The van der Waals surface area contributed by atoms with Crippen LogP contribution < -0.4 is 4.90 Å². The smallest absolute Gasteiger partial charge is 0.0991 e. The van der Waals surface area contributed by atoms with Crippen LogP contribution in [0.25, 0.3) is 0 Å². The van der Waals surface area contributed by atoms with E-state index in [9.17, 15) is 0 Å². The minimum absolute atomic E-state index is 0.608. The summed E-state index contributed by atoms with van der Waals surface area (Å²) in [6.07, 6.45) is 1.72. The van der Waals surface area contributed by atoms with Crippen molar-refractivity contribution in [1.29, 1.82) is 10.5 Å². The Kier molecular flexibility index (Phi) is 4.78. The molecule has 1 aliphatic rings. The molecule has 0 aromatic heterocycles. The zero-order chi connectivity index (χ0) is 13.5. The van der Waals surface area contributed by atoms with E-state index in [1.807, 2.05) is 24.3 Å². The first kappa shape index (κ1) is 13.4. The van der Waals surface area contributed by atoms with Crippen LogP contribution in [-0.4, -0.2) is 37.6 Å². The van der Waals surface area contributed by atoms with Crippen molar-refractivity contribution in [3.8, 4) is 12.1 Å². The van der Waals surface area contributed by atoms with E-state index in [1.165, 1.54) is 5.69 Å². The van der Waals surface area contributed by atoms with Crippen molar-refractivity contribution in [2.24, 2.45) is 0 Å². The quantitative estimate of drug-likeness (QED) is 0.827. The van der Waals surface area contributed by atoms with Crippen LogP contribution in [0.4, 0.5) is 5.69 Å². The molecule has 1 aromatic rings. The van der Waals surface area contributed by atoms with E-state index in [4.69, 9.17) is 10.5 Å². The van der Waals surface area contributed by atoms with Gasteiger partial charge in [0.25, 0.3) is 0 Å². The Bertz CT molecular complexity index is 480. The molecule has 0 amide bonds. The second-order valence-corrected chi connectivity index (χ2v) is 4.75. The topological polar surface area (TPSA) is 54.1 Å². The lowest BCUT2D eigenvalue weighted by Crippen LogP contribution is -2.31. The van der Waals surface area contributed by atoms with Gasteiger partial charge in [0.2, 0.25) is 0 Å². The van der Waals surface area contributed by atoms with Gasteiger partial charge in [0, 0.05) is 38.3 Å². The molecule has 0 aliphatic carbocycles. The Morgan fingerprint density at radius 2 is 1.79 bits per heavy atom. The van der Waals surface area contributed by atoms with Gasteiger partial charge < -0.3 is 9.80 Å². The predicted octanol–water partition coefficient (Wildman–Crippen LogP) is 1.98. The minimum atomic E-state index is 0.608. The van der Waals surface area contributed by atoms with Crippen molar-refractivity contribution in [2.45, 2.75) is 12.8 Å². The first-order chi connectivity index (χ1) is 9.33. The van der Waals surface area contributed by atoms with Gasteiger partial charge in [-0.2, -0.15) is 10.5 Å². The number of benzene rings is 1. The first-order valence-electron chi connectivity index (χ1n) is 6.68. The lowest BCUT2D eigenvalue weighted by Gasteiger charge is -2.23. The van der Waals surface area contributed by atoms with E-state index >= 15 is 0 Å². The van der Waals surface area contributed by atoms with Crippen molar-refractivity contribution >= 4 is 5.69 Å². The fourth-order valence-corrected chi connectivity index (χ4v) is 2.41. The van der Waals surface area contributed by atoms with Gasteiger partial charge in [-0.15, -0.1) is 0 Å². The Morgan fingerprint density at radius 1 is 1.00 bits per heavy atom. The Morgan fingerprint density at radius 3 is 2.47 bits per heavy atom. The molecule has 0 atom stereocenters. The number of hydrogen-bond acceptors (Lipinski definition) is 4. The molecule has 2 rings (SSSR count). The highest BCUT2D eigenvalue weighted by Gasteiger charge is 2.14. The van der Waals surface area contributed by atoms with Crippen molar-refractivity contribution in [3.63, 3.8) is 0 Å². The summed E-state index contributed by atoms with van der Waals surface area (Å²) < 4.78 is 0. The SMILES string of the molecule is N#CCCN1CCCN(c2ccc(C#N)cc2)CC1. The summed E-state index contributed by atoms with van der Waals surface area (Å²) in [7, 11) is 0. The molecular weight excluding hydrogens is 236 g/mol. The zero-order valence-corrected chi connectivity index (χ0v) is 11.0. The second kappa shape index (κ2) is 6.78. The molecular formula is C15H18N4. The molecule has 1 heterocycles. The summed E-state index contributed by atoms with van der Waals surface area (Å²) in [4.78, 5) is 4.71. The molecule has 1 aliphatic heterocycles. The van der Waals surface area contributed by atoms with Crippen molar-refractivity contribution in [2.75, 3.05) is 37.6 Å². The van der Waals surface area contributed by atoms with Gasteiger partial charge in [0.15, 0.2) is 0 Å². The number of hydrogen-bond donors (Lipinski definition) is 0. The molecule has 1 saturated heterocycles. The maximum absolute atomic E-state index is 8.80. The van der Waals surface area contributed by atoms with Crippen molar-refractivity contribution in [1.82, 2.24) is 4.90 Å². The van der Waals surface area contributed by atoms with Crippen LogP contribution in [0.5, 0.6) is 0 Å². The van der Waals surface area contributed by atoms with E-state index in [-0.39, 0.29) is 0 Å². The molecule has 0 radical (unpaired) electrons. The summed E-state index contributed by atoms with van der Waals surface area (Å²) in [6.45, 7) is 4.96. The third kappa shape index (κ3) is 3.71. The highest BCUT2D eigenvalue weighted by atomic mass is 15.2. The standard InChI is InChI=1S/C15H18N4/c16-7-1-8-18-9-2-10-19(12-11-18)15-5-3-14(13-17)4-6-15/h3-6H,1-2,8-12H2. The third-order valence-corrected chi connectivity index (χ3v) is 3.49. The molecule has 0 saturated carbocycles. The molecule has 1 aromatic carbocycles. The molecule has 0 bridgehead atoms. The van der Waals surface area contributed by atoms with E-state index in [1.54, 1.807) is 0 Å². The highest BCUT2D eigenvalue weighted by molar-refractivity contribution is 5.49. The Balaban J connectivity index is 1.95. The number of rotatable bonds is 3. The number of nitrogens with zero attached hydrogens (tertiary/aromatic N) is 4. The van der Waals surface area contributed by atoms with Gasteiger partial charge in [0.1, 0.15) is 0 Å². The average Bonchev–Trinajstić information content (AvgIpc) is 2.71. The van der Waals surface area contributed by atoms with Gasteiger partial charge in [0.05, 0.1) is 17.7 Å². The van der Waals surface area contributed by atoms with Crippen LogP contribution in [-0.2, 0) is 0 Å². The van der Waals surface area contributed by atoms with Gasteiger partial charge in [-0.3, -0.25) is 0 Å². The minimum Gasteiger partial charge on any atom is -0.370 e. The summed E-state index contributed by atoms with van der Waals surface area (Å²) in [6, 6.07) is 12.1. The molecule has 4 nitrogen and oxygen atoms in total. The second-order valence-electron chi connectivity index (χ2n) is 4.75. The van der Waals surface area contributed by atoms with Crippen molar-refractivity contribution < 1.29 is 0 Å². The predicted molar refractivity (Wildman–Crippen MR) is 74.7 cm³/mol. The third-order valence-electron chi connectivity index (χ3n) is 3.49. The van der Waals surface area contributed by atoms with E-state index < -0.39 is 0 Å². The summed E-state index contributed by atoms with van der Waals surface area (Å²) in [5.74, 6) is 0. The van der Waals surface area contributed by atoms with Crippen LogP contribution in [0.1, 0.15) is 18.4 Å². The van der Waals surface area contributed by atoms with Crippen LogP contribution in [0.2, 0.25) is 0 Å². The van der Waals surface area contributed by atoms with Gasteiger partial charge in [-0.05, 0) is 37.2 Å². The van der Waals surface area contributed by atoms with Crippen LogP contribution in [0.15, 0.2) is 24.3 Å². The van der Waals surface area contributed by atoms with E-state index in [0.717, 1.165) is 39.1 Å². The summed E-state index contributed by atoms with van der Waals surface area (Å²) in [5, 5.41) is 17.4. The fourth-order valence-electron chi connectivity index (χ4n) is 2.41. The number of anilines is 1. The van der Waals surface area contributed by atoms with Gasteiger partial charge in [-0.25, -0.2) is 0 Å². The number of nitriles is 2. The lowest BCUT2D eigenvalue weighted by atomic mass is 10.2. The highest BCUT2D eigenvalue weighted by Crippen LogP contribution is 2.17. The maximum Gasteiger partial charge on any atom is 0.0991 e. The summed E-state index contributed by atoms with van der Waals surface area (Å²) >= 11 is 0. The van der Waals surface area contributed by atoms with Gasteiger partial charge >= 0.3 is 0 Å². The monoisotopic (exact) mass is 254 g/mol. The van der Waals surface area contributed by atoms with Crippen LogP contribution in [0, 0.1) is 22.7 Å². The first-order valence-corrected chi connectivity index (χ1v) is 6.68. The largest absolute Gasteiger partial charge is 0.370 e. The zero-order valence-electron chi connectivity index (χ0n) is 11.0. The molecule has 98 valence electrons.